The van der Waals surface area contributed by atoms with Gasteiger partial charge in [-0.2, -0.15) is 0 Å². The van der Waals surface area contributed by atoms with Crippen molar-refractivity contribution in [2.45, 2.75) is 18.8 Å². The molecule has 3 rings (SSSR count). The number of benzene rings is 3. The molecule has 0 radical (unpaired) electrons. The predicted molar refractivity (Wildman–Crippen MR) is 90.5 cm³/mol. The monoisotopic (exact) mass is 275 g/mol. The molecule has 0 fully saturated rings. The van der Waals surface area contributed by atoms with Crippen molar-refractivity contribution in [1.29, 1.82) is 0 Å². The maximum absolute atomic E-state index is 6.06. The minimum atomic E-state index is 0.413. The van der Waals surface area contributed by atoms with Gasteiger partial charge in [-0.1, -0.05) is 72.8 Å². The Morgan fingerprint density at radius 3 is 2.29 bits per heavy atom. The van der Waals surface area contributed by atoms with E-state index in [2.05, 4.69) is 72.8 Å². The fourth-order valence-corrected chi connectivity index (χ4v) is 2.99. The Bertz CT molecular complexity index is 698. The van der Waals surface area contributed by atoms with Crippen molar-refractivity contribution in [3.05, 3.63) is 83.9 Å². The predicted octanol–water partition coefficient (Wildman–Crippen LogP) is 4.51. The summed E-state index contributed by atoms with van der Waals surface area (Å²) in [6, 6.07) is 25.8. The second-order valence-corrected chi connectivity index (χ2v) is 5.53. The smallest absolute Gasteiger partial charge is 0.000790 e. The van der Waals surface area contributed by atoms with Crippen LogP contribution in [0.4, 0.5) is 0 Å². The molecule has 1 nitrogen and oxygen atoms in total. The first-order chi connectivity index (χ1) is 10.4. The van der Waals surface area contributed by atoms with Gasteiger partial charge in [-0.15, -0.1) is 0 Å². The first kappa shape index (κ1) is 13.8. The van der Waals surface area contributed by atoms with E-state index < -0.39 is 0 Å². The molecule has 1 unspecified atom stereocenters. The Labute approximate surface area is 126 Å². The number of nitrogens with two attached hydrogens (primary N) is 1. The molecule has 0 spiro atoms. The zero-order chi connectivity index (χ0) is 14.5. The van der Waals surface area contributed by atoms with Gasteiger partial charge in [0.2, 0.25) is 0 Å². The van der Waals surface area contributed by atoms with Gasteiger partial charge in [0.05, 0.1) is 0 Å². The van der Waals surface area contributed by atoms with Gasteiger partial charge < -0.3 is 5.73 Å². The molecule has 0 amide bonds. The number of hydrogen-bond donors (Lipinski definition) is 1. The van der Waals surface area contributed by atoms with Crippen LogP contribution in [0.5, 0.6) is 0 Å². The molecule has 21 heavy (non-hydrogen) atoms. The molecule has 0 aliphatic heterocycles. The van der Waals surface area contributed by atoms with Crippen LogP contribution in [0.15, 0.2) is 72.8 Å². The van der Waals surface area contributed by atoms with Crippen LogP contribution < -0.4 is 5.73 Å². The fraction of sp³-hybridized carbons (Fsp3) is 0.200. The van der Waals surface area contributed by atoms with Crippen molar-refractivity contribution in [2.75, 3.05) is 6.54 Å². The van der Waals surface area contributed by atoms with E-state index in [1.807, 2.05) is 0 Å². The minimum Gasteiger partial charge on any atom is -0.330 e. The molecule has 1 atom stereocenters. The zero-order valence-corrected chi connectivity index (χ0v) is 12.2. The van der Waals surface area contributed by atoms with Crippen molar-refractivity contribution < 1.29 is 0 Å². The second-order valence-electron chi connectivity index (χ2n) is 5.53. The second kappa shape index (κ2) is 6.55. The molecule has 3 aromatic rings. The molecule has 0 heterocycles. The molecule has 3 aromatic carbocycles. The average molecular weight is 275 g/mol. The van der Waals surface area contributed by atoms with E-state index in [0.29, 0.717) is 12.5 Å². The van der Waals surface area contributed by atoms with Crippen LogP contribution >= 0.6 is 0 Å². The van der Waals surface area contributed by atoms with Gasteiger partial charge in [0.25, 0.3) is 0 Å². The van der Waals surface area contributed by atoms with E-state index in [4.69, 9.17) is 5.73 Å². The molecule has 0 bridgehead atoms. The molecule has 0 saturated heterocycles. The van der Waals surface area contributed by atoms with Gasteiger partial charge >= 0.3 is 0 Å². The quantitative estimate of drug-likeness (QED) is 0.728. The van der Waals surface area contributed by atoms with Gasteiger partial charge in [0.15, 0.2) is 0 Å². The van der Waals surface area contributed by atoms with Crippen molar-refractivity contribution in [3.63, 3.8) is 0 Å². The number of aryl methyl sites for hydroxylation is 1. The largest absolute Gasteiger partial charge is 0.330 e. The van der Waals surface area contributed by atoms with Gasteiger partial charge in [0.1, 0.15) is 0 Å². The van der Waals surface area contributed by atoms with Crippen LogP contribution in [0.2, 0.25) is 0 Å². The van der Waals surface area contributed by atoms with Gasteiger partial charge in [-0.3, -0.25) is 0 Å². The summed E-state index contributed by atoms with van der Waals surface area (Å²) in [5, 5.41) is 2.64. The lowest BCUT2D eigenvalue weighted by molar-refractivity contribution is 0.638. The van der Waals surface area contributed by atoms with Crippen LogP contribution in [-0.4, -0.2) is 6.54 Å². The molecule has 106 valence electrons. The normalized spacial score (nSPS) is 12.4. The molecule has 0 saturated carbocycles. The molecule has 2 N–H and O–H groups in total. The summed E-state index contributed by atoms with van der Waals surface area (Å²) in [5.41, 5.74) is 8.83. The lowest BCUT2D eigenvalue weighted by atomic mass is 9.89. The van der Waals surface area contributed by atoms with Crippen molar-refractivity contribution in [1.82, 2.24) is 0 Å². The highest BCUT2D eigenvalue weighted by molar-refractivity contribution is 5.86. The summed E-state index contributed by atoms with van der Waals surface area (Å²) < 4.78 is 0. The number of rotatable bonds is 5. The van der Waals surface area contributed by atoms with Crippen LogP contribution in [0.25, 0.3) is 10.8 Å². The van der Waals surface area contributed by atoms with E-state index >= 15 is 0 Å². The summed E-state index contributed by atoms with van der Waals surface area (Å²) in [5.74, 6) is 0.413. The van der Waals surface area contributed by atoms with E-state index in [1.54, 1.807) is 0 Å². The molecule has 0 aliphatic rings. The minimum absolute atomic E-state index is 0.413. The van der Waals surface area contributed by atoms with E-state index in [0.717, 1.165) is 12.8 Å². The van der Waals surface area contributed by atoms with Crippen LogP contribution in [0.3, 0.4) is 0 Å². The summed E-state index contributed by atoms with van der Waals surface area (Å²) in [4.78, 5) is 0. The first-order valence-corrected chi connectivity index (χ1v) is 7.60. The molecular formula is C20H21N. The Balaban J connectivity index is 1.85. The maximum atomic E-state index is 6.06. The highest BCUT2D eigenvalue weighted by Crippen LogP contribution is 2.28. The van der Waals surface area contributed by atoms with Crippen molar-refractivity contribution in [2.24, 2.45) is 5.73 Å². The highest BCUT2D eigenvalue weighted by atomic mass is 14.5. The Hall–Kier alpha value is -2.12. The van der Waals surface area contributed by atoms with Gasteiger partial charge in [0, 0.05) is 0 Å². The first-order valence-electron chi connectivity index (χ1n) is 7.60. The lowest BCUT2D eigenvalue weighted by Gasteiger charge is -2.17. The molecule has 0 aliphatic carbocycles. The zero-order valence-electron chi connectivity index (χ0n) is 12.2. The van der Waals surface area contributed by atoms with E-state index in [-0.39, 0.29) is 0 Å². The fourth-order valence-electron chi connectivity index (χ4n) is 2.99. The van der Waals surface area contributed by atoms with Crippen LogP contribution in [-0.2, 0) is 6.42 Å². The molecule has 1 heteroatoms. The SMILES string of the molecule is NCC(CCc1ccccc1)c1cccc2ccccc12. The average Bonchev–Trinajstić information content (AvgIpc) is 2.56. The van der Waals surface area contributed by atoms with Crippen molar-refractivity contribution in [3.8, 4) is 0 Å². The number of fused-ring (bicyclic) bond motifs is 1. The summed E-state index contributed by atoms with van der Waals surface area (Å²) in [6.45, 7) is 0.695. The third-order valence-electron chi connectivity index (χ3n) is 4.17. The van der Waals surface area contributed by atoms with Crippen LogP contribution in [0, 0.1) is 0 Å². The third kappa shape index (κ3) is 3.14. The summed E-state index contributed by atoms with van der Waals surface area (Å²) >= 11 is 0. The van der Waals surface area contributed by atoms with Gasteiger partial charge in [-0.05, 0) is 47.2 Å². The number of hydrogen-bond acceptors (Lipinski definition) is 1. The van der Waals surface area contributed by atoms with Crippen LogP contribution in [0.1, 0.15) is 23.5 Å². The Morgan fingerprint density at radius 2 is 1.48 bits per heavy atom. The maximum Gasteiger partial charge on any atom is -0.000790 e. The third-order valence-corrected chi connectivity index (χ3v) is 4.17. The molecule has 0 aromatic heterocycles. The topological polar surface area (TPSA) is 26.0 Å². The Morgan fingerprint density at radius 1 is 0.762 bits per heavy atom. The molecular weight excluding hydrogens is 254 g/mol. The summed E-state index contributed by atoms with van der Waals surface area (Å²) in [7, 11) is 0. The standard InChI is InChI=1S/C20H21N/c21-15-18(14-13-16-7-2-1-3-8-16)20-12-6-10-17-9-4-5-11-19(17)20/h1-12,18H,13-15,21H2. The van der Waals surface area contributed by atoms with Crippen molar-refractivity contribution >= 4 is 10.8 Å². The highest BCUT2D eigenvalue weighted by Gasteiger charge is 2.12. The van der Waals surface area contributed by atoms with E-state index in [1.165, 1.54) is 21.9 Å². The Kier molecular flexibility index (Phi) is 4.32. The lowest BCUT2D eigenvalue weighted by Crippen LogP contribution is -2.13. The van der Waals surface area contributed by atoms with E-state index in [9.17, 15) is 0 Å². The van der Waals surface area contributed by atoms with Gasteiger partial charge in [-0.25, -0.2) is 0 Å². The summed E-state index contributed by atoms with van der Waals surface area (Å²) in [6.07, 6.45) is 2.17.